The Morgan fingerprint density at radius 2 is 2.00 bits per heavy atom. The number of halogens is 1. The molecule has 0 fully saturated rings. The lowest BCUT2D eigenvalue weighted by Gasteiger charge is -2.25. The average Bonchev–Trinajstić information content (AvgIpc) is 3.05. The highest BCUT2D eigenvalue weighted by molar-refractivity contribution is 9.10. The summed E-state index contributed by atoms with van der Waals surface area (Å²) in [5.41, 5.74) is 3.94. The maximum Gasteiger partial charge on any atom is 0.126 e. The Bertz CT molecular complexity index is 710. The lowest BCUT2D eigenvalue weighted by atomic mass is 9.88. The maximum absolute atomic E-state index is 11.1. The smallest absolute Gasteiger partial charge is 0.126 e. The molecule has 108 valence electrons. The lowest BCUT2D eigenvalue weighted by molar-refractivity contribution is 0.0383. The molecule has 1 aliphatic carbocycles. The summed E-state index contributed by atoms with van der Waals surface area (Å²) in [5, 5.41) is 11.1. The second-order valence-electron chi connectivity index (χ2n) is 6.02. The van der Waals surface area contributed by atoms with Gasteiger partial charge in [0.2, 0.25) is 0 Å². The maximum atomic E-state index is 11.1. The number of benzene rings is 2. The first-order valence-corrected chi connectivity index (χ1v) is 8.20. The third-order valence-corrected chi connectivity index (χ3v) is 5.09. The van der Waals surface area contributed by atoms with Crippen LogP contribution >= 0.6 is 15.9 Å². The number of ether oxygens (including phenoxy) is 1. The molecular weight excluding hydrogens is 328 g/mol. The van der Waals surface area contributed by atoms with Crippen molar-refractivity contribution in [3.8, 4) is 5.75 Å². The quantitative estimate of drug-likeness (QED) is 0.898. The van der Waals surface area contributed by atoms with E-state index in [0.29, 0.717) is 6.42 Å². The van der Waals surface area contributed by atoms with E-state index in [1.54, 1.807) is 0 Å². The van der Waals surface area contributed by atoms with Crippen molar-refractivity contribution in [2.75, 3.05) is 6.61 Å². The predicted molar refractivity (Wildman–Crippen MR) is 85.7 cm³/mol. The van der Waals surface area contributed by atoms with Crippen LogP contribution in [0.1, 0.15) is 28.7 Å². The van der Waals surface area contributed by atoms with Crippen LogP contribution in [0.5, 0.6) is 5.75 Å². The zero-order valence-electron chi connectivity index (χ0n) is 11.7. The van der Waals surface area contributed by atoms with E-state index in [1.807, 2.05) is 12.1 Å². The van der Waals surface area contributed by atoms with Crippen LogP contribution in [0.25, 0.3) is 0 Å². The Morgan fingerprint density at radius 3 is 2.90 bits per heavy atom. The third-order valence-electron chi connectivity index (χ3n) is 4.63. The van der Waals surface area contributed by atoms with Gasteiger partial charge in [-0.2, -0.15) is 0 Å². The van der Waals surface area contributed by atoms with Crippen molar-refractivity contribution in [2.24, 2.45) is 0 Å². The Morgan fingerprint density at radius 1 is 1.14 bits per heavy atom. The predicted octanol–water partition coefficient (Wildman–Crippen LogP) is 3.76. The van der Waals surface area contributed by atoms with E-state index in [-0.39, 0.29) is 0 Å². The summed E-state index contributed by atoms with van der Waals surface area (Å²) < 4.78 is 6.86. The summed E-state index contributed by atoms with van der Waals surface area (Å²) in [6.45, 7) is 0.744. The van der Waals surface area contributed by atoms with E-state index in [2.05, 4.69) is 40.2 Å². The van der Waals surface area contributed by atoms with E-state index >= 15 is 0 Å². The van der Waals surface area contributed by atoms with Crippen LogP contribution in [0.15, 0.2) is 40.9 Å². The molecule has 1 N–H and O–H groups in total. The molecule has 3 heteroatoms. The first-order chi connectivity index (χ1) is 10.2. The minimum Gasteiger partial charge on any atom is -0.493 e. The normalized spacial score (nSPS) is 22.8. The van der Waals surface area contributed by atoms with Gasteiger partial charge in [-0.25, -0.2) is 0 Å². The number of rotatable bonds is 2. The Hall–Kier alpha value is -1.32. The monoisotopic (exact) mass is 344 g/mol. The Balaban J connectivity index is 1.75. The molecule has 0 spiro atoms. The summed E-state index contributed by atoms with van der Waals surface area (Å²) in [5.74, 6) is 0.982. The molecule has 21 heavy (non-hydrogen) atoms. The van der Waals surface area contributed by atoms with Crippen molar-refractivity contribution in [2.45, 2.75) is 31.3 Å². The summed E-state index contributed by atoms with van der Waals surface area (Å²) in [7, 11) is 0. The molecule has 1 aliphatic heterocycles. The molecule has 0 aromatic heterocycles. The van der Waals surface area contributed by atoms with Gasteiger partial charge < -0.3 is 9.84 Å². The van der Waals surface area contributed by atoms with Gasteiger partial charge in [-0.15, -0.1) is 0 Å². The van der Waals surface area contributed by atoms with Crippen molar-refractivity contribution >= 4 is 15.9 Å². The summed E-state index contributed by atoms with van der Waals surface area (Å²) in [6, 6.07) is 12.4. The van der Waals surface area contributed by atoms with Crippen LogP contribution in [0.4, 0.5) is 0 Å². The van der Waals surface area contributed by atoms with Crippen molar-refractivity contribution in [3.05, 3.63) is 63.1 Å². The van der Waals surface area contributed by atoms with E-state index in [0.717, 1.165) is 47.2 Å². The van der Waals surface area contributed by atoms with Gasteiger partial charge in [-0.05, 0) is 47.2 Å². The van der Waals surface area contributed by atoms with Gasteiger partial charge >= 0.3 is 0 Å². The number of hydrogen-bond donors (Lipinski definition) is 1. The summed E-state index contributed by atoms with van der Waals surface area (Å²) in [6.07, 6.45) is 3.31. The average molecular weight is 345 g/mol. The van der Waals surface area contributed by atoms with Gasteiger partial charge in [0.15, 0.2) is 0 Å². The van der Waals surface area contributed by atoms with E-state index in [9.17, 15) is 5.11 Å². The van der Waals surface area contributed by atoms with Gasteiger partial charge in [-0.3, -0.25) is 0 Å². The molecule has 0 saturated heterocycles. The fourth-order valence-electron chi connectivity index (χ4n) is 3.64. The zero-order chi connectivity index (χ0) is 14.4. The molecule has 1 heterocycles. The van der Waals surface area contributed by atoms with Crippen LogP contribution in [-0.2, 0) is 24.9 Å². The number of aryl methyl sites for hydroxylation is 1. The van der Waals surface area contributed by atoms with Gasteiger partial charge in [0.25, 0.3) is 0 Å². The highest BCUT2D eigenvalue weighted by Crippen LogP contribution is 2.42. The first kappa shape index (κ1) is 13.4. The zero-order valence-corrected chi connectivity index (χ0v) is 13.3. The summed E-state index contributed by atoms with van der Waals surface area (Å²) in [4.78, 5) is 0. The van der Waals surface area contributed by atoms with Crippen molar-refractivity contribution in [1.82, 2.24) is 0 Å². The highest BCUT2D eigenvalue weighted by atomic mass is 79.9. The fourth-order valence-corrected chi connectivity index (χ4v) is 4.20. The molecule has 2 aliphatic rings. The molecule has 2 aromatic carbocycles. The number of hydrogen-bond acceptors (Lipinski definition) is 2. The highest BCUT2D eigenvalue weighted by Gasteiger charge is 2.37. The SMILES string of the molecule is OC1(Cc2cc(Br)cc3c2OCC3)CCc2ccccc21. The lowest BCUT2D eigenvalue weighted by Crippen LogP contribution is -2.25. The topological polar surface area (TPSA) is 29.5 Å². The van der Waals surface area contributed by atoms with E-state index in [1.165, 1.54) is 11.1 Å². The van der Waals surface area contributed by atoms with Crippen LogP contribution in [0, 0.1) is 0 Å². The van der Waals surface area contributed by atoms with Crippen LogP contribution in [0.2, 0.25) is 0 Å². The number of aliphatic hydroxyl groups is 1. The molecule has 1 unspecified atom stereocenters. The standard InChI is InChI=1S/C18H17BrO2/c19-15-9-13-6-8-21-17(13)14(10-15)11-18(20)7-5-12-3-1-2-4-16(12)18/h1-4,9-10,20H,5-8,11H2. The minimum absolute atomic E-state index is 0.617. The summed E-state index contributed by atoms with van der Waals surface area (Å²) >= 11 is 3.58. The second kappa shape index (κ2) is 4.85. The third kappa shape index (κ3) is 2.19. The molecule has 2 aromatic rings. The van der Waals surface area contributed by atoms with E-state index < -0.39 is 5.60 Å². The van der Waals surface area contributed by atoms with Crippen LogP contribution in [0.3, 0.4) is 0 Å². The molecule has 0 amide bonds. The molecule has 0 radical (unpaired) electrons. The number of fused-ring (bicyclic) bond motifs is 2. The fraction of sp³-hybridized carbons (Fsp3) is 0.333. The van der Waals surface area contributed by atoms with Crippen molar-refractivity contribution in [1.29, 1.82) is 0 Å². The second-order valence-corrected chi connectivity index (χ2v) is 6.93. The van der Waals surface area contributed by atoms with E-state index in [4.69, 9.17) is 4.74 Å². The van der Waals surface area contributed by atoms with Crippen molar-refractivity contribution < 1.29 is 9.84 Å². The Labute approximate surface area is 132 Å². The molecule has 4 rings (SSSR count). The molecular formula is C18H17BrO2. The Kier molecular flexibility index (Phi) is 3.09. The molecule has 1 atom stereocenters. The minimum atomic E-state index is -0.767. The first-order valence-electron chi connectivity index (χ1n) is 7.41. The van der Waals surface area contributed by atoms with Gasteiger partial charge in [0, 0.05) is 17.3 Å². The van der Waals surface area contributed by atoms with Gasteiger partial charge in [0.1, 0.15) is 5.75 Å². The largest absolute Gasteiger partial charge is 0.493 e. The van der Waals surface area contributed by atoms with Crippen molar-refractivity contribution in [3.63, 3.8) is 0 Å². The van der Waals surface area contributed by atoms with Crippen LogP contribution in [-0.4, -0.2) is 11.7 Å². The molecule has 0 saturated carbocycles. The van der Waals surface area contributed by atoms with Gasteiger partial charge in [0.05, 0.1) is 12.2 Å². The van der Waals surface area contributed by atoms with Crippen LogP contribution < -0.4 is 4.74 Å². The molecule has 0 bridgehead atoms. The van der Waals surface area contributed by atoms with Gasteiger partial charge in [-0.1, -0.05) is 40.2 Å². The molecule has 2 nitrogen and oxygen atoms in total.